The standard InChI is InChI=1S/C31H41F2N5O3Si.H2S/c1-31(2,3)42(4,5)41-12-8-34-30(39)22-17-25-29(36-28(20-35-25)37-10-13-40-14-11-37)27(18-22)38-9-6-7-26(38)21-15-23(32)19-24(33)16-21;/h15-20,26H,6-14H2,1-5H3,(H,34,39);1H2/t26-;/m0./s1. The molecule has 0 bridgehead atoms. The molecule has 234 valence electrons. The highest BCUT2D eigenvalue weighted by atomic mass is 32.1. The number of anilines is 2. The number of fused-ring (bicyclic) bond motifs is 1. The summed E-state index contributed by atoms with van der Waals surface area (Å²) in [4.78, 5) is 27.3. The molecular formula is C31H43F2N5O3SSi. The second-order valence-electron chi connectivity index (χ2n) is 12.6. The quantitative estimate of drug-likeness (QED) is 0.243. The topological polar surface area (TPSA) is 79.8 Å². The Morgan fingerprint density at radius 1 is 1.09 bits per heavy atom. The number of benzene rings is 2. The minimum absolute atomic E-state index is 0. The van der Waals surface area contributed by atoms with E-state index in [0.717, 1.165) is 30.4 Å². The molecule has 2 fully saturated rings. The van der Waals surface area contributed by atoms with Gasteiger partial charge in [-0.3, -0.25) is 9.78 Å². The maximum absolute atomic E-state index is 14.2. The fourth-order valence-electron chi connectivity index (χ4n) is 5.34. The van der Waals surface area contributed by atoms with Crippen LogP contribution in [0.15, 0.2) is 36.5 Å². The first-order valence-electron chi connectivity index (χ1n) is 14.7. The molecule has 8 nitrogen and oxygen atoms in total. The Labute approximate surface area is 260 Å². The second-order valence-corrected chi connectivity index (χ2v) is 17.4. The van der Waals surface area contributed by atoms with E-state index in [1.807, 2.05) is 6.07 Å². The summed E-state index contributed by atoms with van der Waals surface area (Å²) in [6.45, 7) is 15.1. The first-order valence-corrected chi connectivity index (χ1v) is 17.6. The molecule has 0 saturated carbocycles. The van der Waals surface area contributed by atoms with Crippen LogP contribution in [-0.4, -0.2) is 70.2 Å². The number of morpholine rings is 1. The molecule has 1 atom stereocenters. The monoisotopic (exact) mass is 631 g/mol. The largest absolute Gasteiger partial charge is 0.415 e. The summed E-state index contributed by atoms with van der Waals surface area (Å²) in [6, 6.07) is 6.99. The number of halogens is 2. The molecule has 2 saturated heterocycles. The van der Waals surface area contributed by atoms with E-state index in [1.54, 1.807) is 12.3 Å². The highest BCUT2D eigenvalue weighted by Crippen LogP contribution is 2.40. The van der Waals surface area contributed by atoms with Gasteiger partial charge in [0.05, 0.1) is 43.3 Å². The van der Waals surface area contributed by atoms with Crippen LogP contribution >= 0.6 is 13.5 Å². The van der Waals surface area contributed by atoms with Crippen LogP contribution in [0.5, 0.6) is 0 Å². The third-order valence-electron chi connectivity index (χ3n) is 8.70. The normalized spacial score (nSPS) is 17.7. The van der Waals surface area contributed by atoms with Crippen molar-refractivity contribution in [1.29, 1.82) is 0 Å². The van der Waals surface area contributed by atoms with Gasteiger partial charge in [0.2, 0.25) is 0 Å². The fourth-order valence-corrected chi connectivity index (χ4v) is 6.39. The van der Waals surface area contributed by atoms with Crippen LogP contribution in [0.25, 0.3) is 11.0 Å². The van der Waals surface area contributed by atoms with Crippen molar-refractivity contribution in [2.45, 2.75) is 57.8 Å². The summed E-state index contributed by atoms with van der Waals surface area (Å²) in [6.07, 6.45) is 3.29. The number of amides is 1. The van der Waals surface area contributed by atoms with Crippen LogP contribution in [0, 0.1) is 11.6 Å². The van der Waals surface area contributed by atoms with Crippen LogP contribution < -0.4 is 15.1 Å². The zero-order valence-electron chi connectivity index (χ0n) is 25.7. The van der Waals surface area contributed by atoms with Crippen molar-refractivity contribution in [3.63, 3.8) is 0 Å². The molecule has 1 aromatic heterocycles. The van der Waals surface area contributed by atoms with Gasteiger partial charge in [0, 0.05) is 37.8 Å². The SMILES string of the molecule is CC(C)(C)[Si](C)(C)OCCNC(=O)c1cc(N2CCC[C@H]2c2cc(F)cc(F)c2)c2nc(N3CCOCC3)cnc2c1.S. The van der Waals surface area contributed by atoms with Crippen LogP contribution in [0.1, 0.15) is 55.6 Å². The number of aromatic nitrogens is 2. The Morgan fingerprint density at radius 2 is 1.79 bits per heavy atom. The van der Waals surface area contributed by atoms with Crippen LogP contribution in [0.3, 0.4) is 0 Å². The Kier molecular flexibility index (Phi) is 10.4. The lowest BCUT2D eigenvalue weighted by molar-refractivity contribution is 0.0946. The number of hydrogen-bond donors (Lipinski definition) is 1. The van der Waals surface area contributed by atoms with E-state index < -0.39 is 20.0 Å². The van der Waals surface area contributed by atoms with E-state index in [0.29, 0.717) is 68.2 Å². The molecule has 1 amide bonds. The first kappa shape index (κ1) is 33.1. The van der Waals surface area contributed by atoms with Gasteiger partial charge in [0.1, 0.15) is 23.0 Å². The Hall–Kier alpha value is -2.80. The van der Waals surface area contributed by atoms with E-state index in [2.05, 4.69) is 49.0 Å². The molecule has 2 aromatic carbocycles. The zero-order valence-corrected chi connectivity index (χ0v) is 27.7. The summed E-state index contributed by atoms with van der Waals surface area (Å²) < 4.78 is 40.2. The van der Waals surface area contributed by atoms with Gasteiger partial charge in [0.15, 0.2) is 8.32 Å². The minimum atomic E-state index is -1.93. The van der Waals surface area contributed by atoms with Gasteiger partial charge in [-0.25, -0.2) is 13.8 Å². The predicted octanol–water partition coefficient (Wildman–Crippen LogP) is 5.95. The molecule has 2 aliphatic heterocycles. The number of carbonyl (C=O) groups is 1. The van der Waals surface area contributed by atoms with E-state index in [4.69, 9.17) is 19.1 Å². The van der Waals surface area contributed by atoms with Crippen molar-refractivity contribution >= 4 is 50.3 Å². The summed E-state index contributed by atoms with van der Waals surface area (Å²) >= 11 is 0. The van der Waals surface area contributed by atoms with Crippen molar-refractivity contribution in [2.75, 3.05) is 55.8 Å². The number of ether oxygens (including phenoxy) is 1. The molecule has 5 rings (SSSR count). The van der Waals surface area contributed by atoms with Crippen LogP contribution in [-0.2, 0) is 9.16 Å². The van der Waals surface area contributed by atoms with Crippen molar-refractivity contribution in [2.24, 2.45) is 0 Å². The van der Waals surface area contributed by atoms with Gasteiger partial charge in [-0.05, 0) is 60.8 Å². The average Bonchev–Trinajstić information content (AvgIpc) is 3.44. The van der Waals surface area contributed by atoms with E-state index in [9.17, 15) is 13.6 Å². The van der Waals surface area contributed by atoms with Gasteiger partial charge in [-0.2, -0.15) is 13.5 Å². The van der Waals surface area contributed by atoms with E-state index in [1.165, 1.54) is 12.1 Å². The first-order chi connectivity index (χ1) is 19.9. The highest BCUT2D eigenvalue weighted by molar-refractivity contribution is 7.59. The van der Waals surface area contributed by atoms with E-state index in [-0.39, 0.29) is 30.5 Å². The second kappa shape index (κ2) is 13.5. The summed E-state index contributed by atoms with van der Waals surface area (Å²) in [5.41, 5.74) is 2.98. The Balaban J connectivity index is 0.00000423. The van der Waals surface area contributed by atoms with Gasteiger partial charge < -0.3 is 24.3 Å². The maximum atomic E-state index is 14.2. The molecule has 0 spiro atoms. The lowest BCUT2D eigenvalue weighted by Crippen LogP contribution is -2.42. The average molecular weight is 632 g/mol. The van der Waals surface area contributed by atoms with Crippen LogP contribution in [0.2, 0.25) is 18.1 Å². The van der Waals surface area contributed by atoms with Crippen molar-refractivity contribution < 1.29 is 22.7 Å². The lowest BCUT2D eigenvalue weighted by Gasteiger charge is -2.36. The molecule has 12 heteroatoms. The molecule has 0 aliphatic carbocycles. The van der Waals surface area contributed by atoms with Gasteiger partial charge in [0.25, 0.3) is 5.91 Å². The molecule has 3 aromatic rings. The number of hydrogen-bond acceptors (Lipinski definition) is 7. The van der Waals surface area contributed by atoms with Crippen LogP contribution in [0.4, 0.5) is 20.3 Å². The smallest absolute Gasteiger partial charge is 0.251 e. The number of rotatable bonds is 8. The third-order valence-corrected chi connectivity index (χ3v) is 13.2. The molecule has 2 aliphatic rings. The highest BCUT2D eigenvalue weighted by Gasteiger charge is 2.37. The van der Waals surface area contributed by atoms with Crippen molar-refractivity contribution in [1.82, 2.24) is 15.3 Å². The lowest BCUT2D eigenvalue weighted by atomic mass is 10.0. The molecular weight excluding hydrogens is 589 g/mol. The third kappa shape index (κ3) is 7.47. The minimum Gasteiger partial charge on any atom is -0.415 e. The molecule has 3 heterocycles. The summed E-state index contributed by atoms with van der Waals surface area (Å²) in [5.74, 6) is -0.712. The van der Waals surface area contributed by atoms with Gasteiger partial charge in [-0.15, -0.1) is 0 Å². The predicted molar refractivity (Wildman–Crippen MR) is 174 cm³/mol. The fraction of sp³-hybridized carbons (Fsp3) is 0.516. The van der Waals surface area contributed by atoms with Crippen molar-refractivity contribution in [3.8, 4) is 0 Å². The summed E-state index contributed by atoms with van der Waals surface area (Å²) in [7, 11) is -1.93. The maximum Gasteiger partial charge on any atom is 0.251 e. The molecule has 1 N–H and O–H groups in total. The molecule has 0 unspecified atom stereocenters. The number of carbonyl (C=O) groups excluding carboxylic acids is 1. The van der Waals surface area contributed by atoms with Gasteiger partial charge >= 0.3 is 0 Å². The molecule has 0 radical (unpaired) electrons. The van der Waals surface area contributed by atoms with Gasteiger partial charge in [-0.1, -0.05) is 20.8 Å². The Morgan fingerprint density at radius 3 is 2.47 bits per heavy atom. The Bertz CT molecular complexity index is 1430. The zero-order chi connectivity index (χ0) is 30.1. The molecule has 43 heavy (non-hydrogen) atoms. The van der Waals surface area contributed by atoms with E-state index >= 15 is 0 Å². The van der Waals surface area contributed by atoms with Crippen molar-refractivity contribution in [3.05, 3.63) is 59.3 Å². The summed E-state index contributed by atoms with van der Waals surface area (Å²) in [5, 5.41) is 3.08. The number of nitrogens with zero attached hydrogens (tertiary/aromatic N) is 4. The number of nitrogens with one attached hydrogen (secondary N) is 1.